The van der Waals surface area contributed by atoms with Crippen LogP contribution in [0.5, 0.6) is 5.75 Å². The number of benzene rings is 2. The normalized spacial score (nSPS) is 10.0. The molecule has 6 heteroatoms. The van der Waals surface area contributed by atoms with Crippen LogP contribution in [0.4, 0.5) is 5.69 Å². The molecule has 0 aliphatic heterocycles. The van der Waals surface area contributed by atoms with Crippen LogP contribution in [0.25, 0.3) is 0 Å². The van der Waals surface area contributed by atoms with Gasteiger partial charge in [-0.15, -0.1) is 0 Å². The highest BCUT2D eigenvalue weighted by Gasteiger charge is 2.10. The average Bonchev–Trinajstić information content (AvgIpc) is 2.56. The van der Waals surface area contributed by atoms with E-state index >= 15 is 0 Å². The van der Waals surface area contributed by atoms with E-state index < -0.39 is 5.97 Å². The van der Waals surface area contributed by atoms with E-state index in [0.717, 1.165) is 0 Å². The Hall–Kier alpha value is -2.53. The quantitative estimate of drug-likeness (QED) is 0.852. The first-order valence-electron chi connectivity index (χ1n) is 6.84. The monoisotopic (exact) mass is 333 g/mol. The second kappa shape index (κ2) is 7.65. The molecule has 23 heavy (non-hydrogen) atoms. The zero-order valence-electron chi connectivity index (χ0n) is 12.8. The highest BCUT2D eigenvalue weighted by Crippen LogP contribution is 2.23. The van der Waals surface area contributed by atoms with Crippen LogP contribution in [-0.4, -0.2) is 26.1 Å². The van der Waals surface area contributed by atoms with Gasteiger partial charge in [-0.25, -0.2) is 4.79 Å². The van der Waals surface area contributed by atoms with Crippen molar-refractivity contribution in [2.75, 3.05) is 19.5 Å². The van der Waals surface area contributed by atoms with Gasteiger partial charge in [-0.3, -0.25) is 4.79 Å². The van der Waals surface area contributed by atoms with Crippen molar-refractivity contribution in [3.63, 3.8) is 0 Å². The first-order valence-corrected chi connectivity index (χ1v) is 7.22. The van der Waals surface area contributed by atoms with Gasteiger partial charge in [0, 0.05) is 10.7 Å². The minimum atomic E-state index is -0.459. The van der Waals surface area contributed by atoms with Crippen molar-refractivity contribution in [3.05, 3.63) is 58.6 Å². The number of methoxy groups -OCH3 is 2. The summed E-state index contributed by atoms with van der Waals surface area (Å²) >= 11 is 6.12. The zero-order chi connectivity index (χ0) is 16.8. The van der Waals surface area contributed by atoms with Crippen molar-refractivity contribution >= 4 is 29.2 Å². The maximum Gasteiger partial charge on any atom is 0.337 e. The molecule has 0 aliphatic carbocycles. The lowest BCUT2D eigenvalue weighted by Gasteiger charge is -2.09. The summed E-state index contributed by atoms with van der Waals surface area (Å²) < 4.78 is 9.72. The summed E-state index contributed by atoms with van der Waals surface area (Å²) in [6.07, 6.45) is 0.116. The van der Waals surface area contributed by atoms with Gasteiger partial charge in [0.2, 0.25) is 5.91 Å². The van der Waals surface area contributed by atoms with Gasteiger partial charge in [0.25, 0.3) is 0 Å². The number of ether oxygens (including phenoxy) is 2. The topological polar surface area (TPSA) is 64.6 Å². The molecule has 0 aliphatic rings. The molecule has 0 unspecified atom stereocenters. The van der Waals surface area contributed by atoms with Gasteiger partial charge < -0.3 is 14.8 Å². The maximum absolute atomic E-state index is 12.1. The maximum atomic E-state index is 12.1. The Morgan fingerprint density at radius 3 is 2.57 bits per heavy atom. The second-order valence-corrected chi connectivity index (χ2v) is 5.16. The van der Waals surface area contributed by atoms with Crippen molar-refractivity contribution in [3.8, 4) is 5.75 Å². The molecule has 2 aromatic carbocycles. The predicted octanol–water partition coefficient (Wildman–Crippen LogP) is 3.32. The Labute approximate surface area is 139 Å². The first kappa shape index (κ1) is 16.8. The number of hydrogen-bond donors (Lipinski definition) is 1. The Morgan fingerprint density at radius 1 is 1.13 bits per heavy atom. The number of carbonyl (C=O) groups excluding carboxylic acids is 2. The average molecular weight is 334 g/mol. The lowest BCUT2D eigenvalue weighted by atomic mass is 10.1. The molecule has 2 aromatic rings. The lowest BCUT2D eigenvalue weighted by molar-refractivity contribution is -0.115. The van der Waals surface area contributed by atoms with Crippen LogP contribution < -0.4 is 10.1 Å². The smallest absolute Gasteiger partial charge is 0.337 e. The van der Waals surface area contributed by atoms with Gasteiger partial charge in [-0.1, -0.05) is 23.7 Å². The van der Waals surface area contributed by atoms with Crippen molar-refractivity contribution in [1.29, 1.82) is 0 Å². The first-order chi connectivity index (χ1) is 11.0. The third kappa shape index (κ3) is 4.47. The molecule has 0 saturated carbocycles. The van der Waals surface area contributed by atoms with Crippen molar-refractivity contribution in [2.45, 2.75) is 6.42 Å². The molecule has 0 atom stereocenters. The number of hydrogen-bond acceptors (Lipinski definition) is 4. The van der Waals surface area contributed by atoms with Gasteiger partial charge in [-0.2, -0.15) is 0 Å². The Bertz CT molecular complexity index is 730. The van der Waals surface area contributed by atoms with E-state index in [4.69, 9.17) is 16.3 Å². The third-order valence-electron chi connectivity index (χ3n) is 3.18. The van der Waals surface area contributed by atoms with E-state index in [1.165, 1.54) is 7.11 Å². The molecule has 0 bridgehead atoms. The summed E-state index contributed by atoms with van der Waals surface area (Å²) in [6.45, 7) is 0. The fourth-order valence-electron chi connectivity index (χ4n) is 2.02. The highest BCUT2D eigenvalue weighted by atomic mass is 35.5. The Kier molecular flexibility index (Phi) is 5.60. The molecule has 0 heterocycles. The van der Waals surface area contributed by atoms with Crippen LogP contribution in [0, 0.1) is 0 Å². The van der Waals surface area contributed by atoms with E-state index in [0.29, 0.717) is 27.6 Å². The van der Waals surface area contributed by atoms with Gasteiger partial charge in [0.1, 0.15) is 5.75 Å². The fourth-order valence-corrected chi connectivity index (χ4v) is 2.26. The number of halogens is 1. The number of anilines is 1. The van der Waals surface area contributed by atoms with Gasteiger partial charge in [0.05, 0.1) is 26.2 Å². The SMILES string of the molecule is COC(=O)c1cccc(NC(=O)Cc2ccc(OC)cc2Cl)c1. The zero-order valence-corrected chi connectivity index (χ0v) is 13.5. The molecule has 0 saturated heterocycles. The molecule has 120 valence electrons. The van der Waals surface area contributed by atoms with Crippen LogP contribution in [0.2, 0.25) is 5.02 Å². The van der Waals surface area contributed by atoms with Crippen LogP contribution in [0.1, 0.15) is 15.9 Å². The van der Waals surface area contributed by atoms with Crippen LogP contribution >= 0.6 is 11.6 Å². The molecular weight excluding hydrogens is 318 g/mol. The minimum Gasteiger partial charge on any atom is -0.497 e. The third-order valence-corrected chi connectivity index (χ3v) is 3.53. The number of rotatable bonds is 5. The van der Waals surface area contributed by atoms with E-state index in [2.05, 4.69) is 10.1 Å². The van der Waals surface area contributed by atoms with Crippen LogP contribution in [0.3, 0.4) is 0 Å². The van der Waals surface area contributed by atoms with Crippen molar-refractivity contribution < 1.29 is 19.1 Å². The Morgan fingerprint density at radius 2 is 1.91 bits per heavy atom. The van der Waals surface area contributed by atoms with Gasteiger partial charge in [0.15, 0.2) is 0 Å². The number of esters is 1. The van der Waals surface area contributed by atoms with E-state index in [-0.39, 0.29) is 12.3 Å². The summed E-state index contributed by atoms with van der Waals surface area (Å²) in [6, 6.07) is 11.7. The molecule has 0 radical (unpaired) electrons. The van der Waals surface area contributed by atoms with Crippen LogP contribution in [-0.2, 0) is 16.0 Å². The highest BCUT2D eigenvalue weighted by molar-refractivity contribution is 6.31. The predicted molar refractivity (Wildman–Crippen MR) is 88.1 cm³/mol. The van der Waals surface area contributed by atoms with E-state index in [1.807, 2.05) is 0 Å². The van der Waals surface area contributed by atoms with E-state index in [1.54, 1.807) is 49.6 Å². The molecule has 2 rings (SSSR count). The van der Waals surface area contributed by atoms with E-state index in [9.17, 15) is 9.59 Å². The Balaban J connectivity index is 2.06. The molecule has 0 fully saturated rings. The standard InChI is InChI=1S/C17H16ClNO4/c1-22-14-7-6-11(15(18)10-14)9-16(20)19-13-5-3-4-12(8-13)17(21)23-2/h3-8,10H,9H2,1-2H3,(H,19,20). The lowest BCUT2D eigenvalue weighted by Crippen LogP contribution is -2.15. The van der Waals surface area contributed by atoms with Gasteiger partial charge in [-0.05, 0) is 35.9 Å². The molecule has 5 nitrogen and oxygen atoms in total. The molecule has 0 aromatic heterocycles. The summed E-state index contributed by atoms with van der Waals surface area (Å²) in [5, 5.41) is 3.19. The van der Waals surface area contributed by atoms with Crippen LogP contribution in [0.15, 0.2) is 42.5 Å². The van der Waals surface area contributed by atoms with Gasteiger partial charge >= 0.3 is 5.97 Å². The summed E-state index contributed by atoms with van der Waals surface area (Å²) in [5.41, 5.74) is 1.57. The summed E-state index contributed by atoms with van der Waals surface area (Å²) in [5.74, 6) is -0.0664. The summed E-state index contributed by atoms with van der Waals surface area (Å²) in [7, 11) is 2.85. The molecule has 1 N–H and O–H groups in total. The number of carbonyl (C=O) groups is 2. The largest absolute Gasteiger partial charge is 0.497 e. The van der Waals surface area contributed by atoms with Crippen molar-refractivity contribution in [1.82, 2.24) is 0 Å². The molecule has 1 amide bonds. The number of amides is 1. The van der Waals surface area contributed by atoms with Crippen molar-refractivity contribution in [2.24, 2.45) is 0 Å². The fraction of sp³-hybridized carbons (Fsp3) is 0.176. The molecule has 0 spiro atoms. The second-order valence-electron chi connectivity index (χ2n) is 4.75. The molecular formula is C17H16ClNO4. The summed E-state index contributed by atoms with van der Waals surface area (Å²) in [4.78, 5) is 23.6. The number of nitrogens with one attached hydrogen (secondary N) is 1. The minimum absolute atomic E-state index is 0.116.